The maximum Gasteiger partial charge on any atom is 0.244 e. The predicted octanol–water partition coefficient (Wildman–Crippen LogP) is 2.86. The maximum absolute atomic E-state index is 11.8. The molecule has 0 heterocycles. The van der Waals surface area contributed by atoms with E-state index in [4.69, 9.17) is 4.74 Å². The van der Waals surface area contributed by atoms with E-state index in [1.54, 1.807) is 37.4 Å². The van der Waals surface area contributed by atoms with E-state index in [2.05, 4.69) is 26.5 Å². The fourth-order valence-electron chi connectivity index (χ4n) is 1.77. The Morgan fingerprint density at radius 1 is 1.32 bits per heavy atom. The number of hydrazone groups is 1. The molecule has 2 aromatic rings. The third-order valence-corrected chi connectivity index (χ3v) is 3.40. The van der Waals surface area contributed by atoms with E-state index in [0.29, 0.717) is 5.56 Å². The summed E-state index contributed by atoms with van der Waals surface area (Å²) >= 11 is 3.30. The van der Waals surface area contributed by atoms with Crippen molar-refractivity contribution >= 4 is 28.1 Å². The molecule has 0 atom stereocenters. The lowest BCUT2D eigenvalue weighted by molar-refractivity contribution is -0.120. The monoisotopic (exact) mass is 362 g/mol. The smallest absolute Gasteiger partial charge is 0.244 e. The lowest BCUT2D eigenvalue weighted by Gasteiger charge is -2.03. The molecular weight excluding hydrogens is 348 g/mol. The van der Waals surface area contributed by atoms with Crippen LogP contribution in [0.5, 0.6) is 11.5 Å². The van der Waals surface area contributed by atoms with Gasteiger partial charge in [-0.15, -0.1) is 0 Å². The molecule has 0 saturated heterocycles. The van der Waals surface area contributed by atoms with Crippen molar-refractivity contribution in [3.05, 3.63) is 58.1 Å². The van der Waals surface area contributed by atoms with Crippen LogP contribution in [-0.4, -0.2) is 24.3 Å². The molecule has 0 spiro atoms. The topological polar surface area (TPSA) is 70.9 Å². The minimum Gasteiger partial charge on any atom is -0.507 e. The Labute approximate surface area is 136 Å². The van der Waals surface area contributed by atoms with Crippen molar-refractivity contribution in [1.29, 1.82) is 0 Å². The Bertz CT molecular complexity index is 684. The van der Waals surface area contributed by atoms with Gasteiger partial charge >= 0.3 is 0 Å². The van der Waals surface area contributed by atoms with Crippen molar-refractivity contribution in [3.63, 3.8) is 0 Å². The van der Waals surface area contributed by atoms with Crippen LogP contribution in [0.4, 0.5) is 0 Å². The predicted molar refractivity (Wildman–Crippen MR) is 88.2 cm³/mol. The second-order valence-electron chi connectivity index (χ2n) is 4.52. The van der Waals surface area contributed by atoms with Crippen LogP contribution < -0.4 is 10.2 Å². The van der Waals surface area contributed by atoms with Gasteiger partial charge in [0, 0.05) is 10.0 Å². The Kier molecular flexibility index (Phi) is 5.55. The average Bonchev–Trinajstić information content (AvgIpc) is 2.51. The first-order valence-corrected chi connectivity index (χ1v) is 7.31. The molecular formula is C16H15BrN2O3. The van der Waals surface area contributed by atoms with Crippen LogP contribution >= 0.6 is 15.9 Å². The molecule has 22 heavy (non-hydrogen) atoms. The quantitative estimate of drug-likeness (QED) is 0.634. The van der Waals surface area contributed by atoms with E-state index >= 15 is 0 Å². The number of nitrogens with zero attached hydrogens (tertiary/aromatic N) is 1. The zero-order valence-electron chi connectivity index (χ0n) is 11.9. The van der Waals surface area contributed by atoms with Gasteiger partial charge in [-0.05, 0) is 35.9 Å². The van der Waals surface area contributed by atoms with Crippen molar-refractivity contribution in [2.45, 2.75) is 6.42 Å². The van der Waals surface area contributed by atoms with Gasteiger partial charge in [-0.1, -0.05) is 28.1 Å². The van der Waals surface area contributed by atoms with E-state index < -0.39 is 0 Å². The van der Waals surface area contributed by atoms with Crippen LogP contribution in [0.2, 0.25) is 0 Å². The number of carbonyl (C=O) groups excluding carboxylic acids is 1. The van der Waals surface area contributed by atoms with Crippen LogP contribution in [0.25, 0.3) is 0 Å². The number of hydrogen-bond acceptors (Lipinski definition) is 4. The zero-order valence-corrected chi connectivity index (χ0v) is 13.5. The van der Waals surface area contributed by atoms with Gasteiger partial charge in [-0.3, -0.25) is 4.79 Å². The number of hydrogen-bond donors (Lipinski definition) is 2. The SMILES string of the molecule is COc1ccc(CC(=O)NN=Cc2cc(Br)ccc2O)cc1. The lowest BCUT2D eigenvalue weighted by atomic mass is 10.1. The van der Waals surface area contributed by atoms with Gasteiger partial charge < -0.3 is 9.84 Å². The van der Waals surface area contributed by atoms with Crippen molar-refractivity contribution in [2.24, 2.45) is 5.10 Å². The highest BCUT2D eigenvalue weighted by Gasteiger charge is 2.03. The minimum absolute atomic E-state index is 0.0938. The largest absolute Gasteiger partial charge is 0.507 e. The highest BCUT2D eigenvalue weighted by Crippen LogP contribution is 2.19. The van der Waals surface area contributed by atoms with E-state index in [1.165, 1.54) is 6.21 Å². The first kappa shape index (κ1) is 16.0. The second-order valence-corrected chi connectivity index (χ2v) is 5.44. The number of benzene rings is 2. The molecule has 2 rings (SSSR count). The molecule has 0 aliphatic rings. The number of methoxy groups -OCH3 is 1. The Morgan fingerprint density at radius 3 is 2.73 bits per heavy atom. The number of phenols is 1. The molecule has 5 nitrogen and oxygen atoms in total. The van der Waals surface area contributed by atoms with Crippen molar-refractivity contribution in [2.75, 3.05) is 7.11 Å². The Balaban J connectivity index is 1.91. The number of phenolic OH excluding ortho intramolecular Hbond substituents is 1. The van der Waals surface area contributed by atoms with Crippen LogP contribution in [0.15, 0.2) is 52.0 Å². The summed E-state index contributed by atoms with van der Waals surface area (Å²) in [6, 6.07) is 12.2. The van der Waals surface area contributed by atoms with Gasteiger partial charge in [0.25, 0.3) is 0 Å². The number of halogens is 1. The molecule has 114 valence electrons. The molecule has 0 radical (unpaired) electrons. The molecule has 0 bridgehead atoms. The molecule has 6 heteroatoms. The summed E-state index contributed by atoms with van der Waals surface area (Å²) in [5, 5.41) is 13.5. The minimum atomic E-state index is -0.240. The molecule has 1 amide bonds. The summed E-state index contributed by atoms with van der Waals surface area (Å²) < 4.78 is 5.87. The second kappa shape index (κ2) is 7.61. The highest BCUT2D eigenvalue weighted by atomic mass is 79.9. The average molecular weight is 363 g/mol. The van der Waals surface area contributed by atoms with Gasteiger partial charge in [0.2, 0.25) is 5.91 Å². The number of amides is 1. The summed E-state index contributed by atoms with van der Waals surface area (Å²) in [6.07, 6.45) is 1.61. The normalized spacial score (nSPS) is 10.6. The van der Waals surface area contributed by atoms with Crippen molar-refractivity contribution in [1.82, 2.24) is 5.43 Å². The molecule has 0 saturated carbocycles. The number of rotatable bonds is 5. The highest BCUT2D eigenvalue weighted by molar-refractivity contribution is 9.10. The van der Waals surface area contributed by atoms with Crippen LogP contribution in [-0.2, 0) is 11.2 Å². The van der Waals surface area contributed by atoms with Gasteiger partial charge in [0.1, 0.15) is 11.5 Å². The van der Waals surface area contributed by atoms with Gasteiger partial charge in [0.15, 0.2) is 0 Å². The molecule has 0 fully saturated rings. The number of aromatic hydroxyl groups is 1. The van der Waals surface area contributed by atoms with Crippen LogP contribution in [0.3, 0.4) is 0 Å². The van der Waals surface area contributed by atoms with Crippen LogP contribution in [0, 0.1) is 0 Å². The van der Waals surface area contributed by atoms with E-state index in [0.717, 1.165) is 15.8 Å². The van der Waals surface area contributed by atoms with E-state index in [1.807, 2.05) is 12.1 Å². The van der Waals surface area contributed by atoms with E-state index in [9.17, 15) is 9.90 Å². The molecule has 0 aromatic heterocycles. The van der Waals surface area contributed by atoms with E-state index in [-0.39, 0.29) is 18.1 Å². The van der Waals surface area contributed by atoms with Crippen LogP contribution in [0.1, 0.15) is 11.1 Å². The van der Waals surface area contributed by atoms with Crippen molar-refractivity contribution < 1.29 is 14.6 Å². The molecule has 0 aliphatic heterocycles. The third-order valence-electron chi connectivity index (χ3n) is 2.91. The molecule has 2 N–H and O–H groups in total. The summed E-state index contributed by atoms with van der Waals surface area (Å²) in [6.45, 7) is 0. The standard InChI is InChI=1S/C16H15BrN2O3/c1-22-14-5-2-11(3-6-14)8-16(21)19-18-10-12-9-13(17)4-7-15(12)20/h2-7,9-10,20H,8H2,1H3,(H,19,21). The van der Waals surface area contributed by atoms with Gasteiger partial charge in [-0.25, -0.2) is 5.43 Å². The molecule has 0 unspecified atom stereocenters. The van der Waals surface area contributed by atoms with Crippen molar-refractivity contribution in [3.8, 4) is 11.5 Å². The lowest BCUT2D eigenvalue weighted by Crippen LogP contribution is -2.19. The summed E-state index contributed by atoms with van der Waals surface area (Å²) in [5.74, 6) is 0.597. The fourth-order valence-corrected chi connectivity index (χ4v) is 2.15. The Hall–Kier alpha value is -2.34. The zero-order chi connectivity index (χ0) is 15.9. The van der Waals surface area contributed by atoms with Gasteiger partial charge in [0.05, 0.1) is 19.7 Å². The first-order chi connectivity index (χ1) is 10.6. The summed E-state index contributed by atoms with van der Waals surface area (Å²) in [7, 11) is 1.59. The fraction of sp³-hybridized carbons (Fsp3) is 0.125. The first-order valence-electron chi connectivity index (χ1n) is 6.52. The maximum atomic E-state index is 11.8. The number of nitrogens with one attached hydrogen (secondary N) is 1. The van der Waals surface area contributed by atoms with Gasteiger partial charge in [-0.2, -0.15) is 5.10 Å². The summed E-state index contributed by atoms with van der Waals surface area (Å²) in [5.41, 5.74) is 3.80. The molecule has 0 aliphatic carbocycles. The third kappa shape index (κ3) is 4.60. The molecule has 2 aromatic carbocycles. The Morgan fingerprint density at radius 2 is 2.05 bits per heavy atom. The number of carbonyl (C=O) groups is 1. The number of ether oxygens (including phenoxy) is 1. The summed E-state index contributed by atoms with van der Waals surface area (Å²) in [4.78, 5) is 11.8.